The molecule has 1 aliphatic heterocycles. The Kier molecular flexibility index (Phi) is 7.72. The Morgan fingerprint density at radius 3 is 2.41 bits per heavy atom. The molecule has 0 spiro atoms. The van der Waals surface area contributed by atoms with E-state index in [1.54, 1.807) is 48.5 Å². The van der Waals surface area contributed by atoms with Crippen molar-refractivity contribution in [2.24, 2.45) is 0 Å². The summed E-state index contributed by atoms with van der Waals surface area (Å²) in [6.07, 6.45) is 1.66. The second-order valence-electron chi connectivity index (χ2n) is 8.87. The fraction of sp³-hybridized carbons (Fsp3) is 0.233. The number of aliphatic hydroxyl groups is 1. The molecular formula is C30H30N2O5. The molecule has 2 N–H and O–H groups in total. The number of anilines is 2. The van der Waals surface area contributed by atoms with Gasteiger partial charge in [-0.2, -0.15) is 0 Å². The van der Waals surface area contributed by atoms with Gasteiger partial charge in [0.15, 0.2) is 0 Å². The van der Waals surface area contributed by atoms with Crippen molar-refractivity contribution in [3.8, 4) is 5.75 Å². The van der Waals surface area contributed by atoms with Crippen LogP contribution >= 0.6 is 0 Å². The Morgan fingerprint density at radius 1 is 1.00 bits per heavy atom. The smallest absolute Gasteiger partial charge is 0.300 e. The predicted octanol–water partition coefficient (Wildman–Crippen LogP) is 5.62. The number of Topliss-reactive ketones (excluding diaryl/α,β-unsaturated/α-hetero) is 1. The first-order valence-corrected chi connectivity index (χ1v) is 12.3. The van der Waals surface area contributed by atoms with Crippen LogP contribution in [-0.2, 0) is 20.8 Å². The number of hydrogen-bond donors (Lipinski definition) is 2. The van der Waals surface area contributed by atoms with Crippen molar-refractivity contribution >= 4 is 34.7 Å². The molecule has 1 saturated heterocycles. The summed E-state index contributed by atoms with van der Waals surface area (Å²) in [6.45, 7) is 5.95. The summed E-state index contributed by atoms with van der Waals surface area (Å²) in [5.74, 6) is -1.51. The summed E-state index contributed by atoms with van der Waals surface area (Å²) in [6, 6.07) is 20.4. The third-order valence-electron chi connectivity index (χ3n) is 6.17. The minimum atomic E-state index is -0.862. The fourth-order valence-corrected chi connectivity index (χ4v) is 4.40. The van der Waals surface area contributed by atoms with Crippen molar-refractivity contribution < 1.29 is 24.2 Å². The molecule has 1 fully saturated rings. The molecule has 0 saturated carbocycles. The number of rotatable bonds is 8. The van der Waals surface area contributed by atoms with Gasteiger partial charge in [-0.15, -0.1) is 0 Å². The summed E-state index contributed by atoms with van der Waals surface area (Å²) < 4.78 is 5.70. The summed E-state index contributed by atoms with van der Waals surface area (Å²) in [5.41, 5.74) is 3.08. The Balaban J connectivity index is 1.87. The molecule has 0 aromatic heterocycles. The van der Waals surface area contributed by atoms with Crippen LogP contribution < -0.4 is 15.0 Å². The molecular weight excluding hydrogens is 468 g/mol. The van der Waals surface area contributed by atoms with Crippen molar-refractivity contribution in [3.05, 3.63) is 95.1 Å². The van der Waals surface area contributed by atoms with Crippen molar-refractivity contribution in [2.75, 3.05) is 16.8 Å². The average molecular weight is 499 g/mol. The number of benzene rings is 3. The van der Waals surface area contributed by atoms with Crippen LogP contribution in [0.15, 0.2) is 78.4 Å². The molecule has 37 heavy (non-hydrogen) atoms. The highest BCUT2D eigenvalue weighted by Crippen LogP contribution is 2.43. The van der Waals surface area contributed by atoms with Crippen LogP contribution in [0.4, 0.5) is 11.4 Å². The molecule has 7 nitrogen and oxygen atoms in total. The van der Waals surface area contributed by atoms with Crippen molar-refractivity contribution in [2.45, 2.75) is 39.7 Å². The molecule has 1 aliphatic rings. The van der Waals surface area contributed by atoms with Gasteiger partial charge in [-0.05, 0) is 54.3 Å². The van der Waals surface area contributed by atoms with Crippen LogP contribution in [0, 0.1) is 0 Å². The minimum Gasteiger partial charge on any atom is -0.507 e. The van der Waals surface area contributed by atoms with Gasteiger partial charge in [-0.25, -0.2) is 0 Å². The van der Waals surface area contributed by atoms with Crippen LogP contribution in [0.2, 0.25) is 0 Å². The van der Waals surface area contributed by atoms with E-state index in [1.165, 1.54) is 11.8 Å². The Bertz CT molecular complexity index is 1360. The largest absolute Gasteiger partial charge is 0.507 e. The lowest BCUT2D eigenvalue weighted by molar-refractivity contribution is -0.132. The monoisotopic (exact) mass is 498 g/mol. The highest BCUT2D eigenvalue weighted by Gasteiger charge is 2.47. The van der Waals surface area contributed by atoms with Crippen LogP contribution in [0.1, 0.15) is 49.9 Å². The summed E-state index contributed by atoms with van der Waals surface area (Å²) in [4.78, 5) is 39.8. The van der Waals surface area contributed by atoms with Gasteiger partial charge >= 0.3 is 0 Å². The lowest BCUT2D eigenvalue weighted by atomic mass is 9.94. The van der Waals surface area contributed by atoms with Gasteiger partial charge in [0.25, 0.3) is 11.7 Å². The molecule has 2 amide bonds. The van der Waals surface area contributed by atoms with Crippen LogP contribution in [0.3, 0.4) is 0 Å². The molecule has 3 aromatic rings. The number of nitrogens with one attached hydrogen (secondary N) is 1. The third-order valence-corrected chi connectivity index (χ3v) is 6.17. The van der Waals surface area contributed by atoms with Gasteiger partial charge in [0.2, 0.25) is 5.91 Å². The molecule has 190 valence electrons. The fourth-order valence-electron chi connectivity index (χ4n) is 4.40. The Hall–Kier alpha value is -4.39. The number of hydrogen-bond acceptors (Lipinski definition) is 5. The molecule has 0 radical (unpaired) electrons. The lowest BCUT2D eigenvalue weighted by Crippen LogP contribution is -2.29. The molecule has 3 aromatic carbocycles. The van der Waals surface area contributed by atoms with Crippen LogP contribution in [0.5, 0.6) is 5.75 Å². The molecule has 4 rings (SSSR count). The second kappa shape index (κ2) is 11.1. The number of aliphatic hydroxyl groups excluding tert-OH is 1. The van der Waals surface area contributed by atoms with E-state index in [4.69, 9.17) is 4.74 Å². The first-order chi connectivity index (χ1) is 17.8. The number of carbonyl (C=O) groups is 3. The van der Waals surface area contributed by atoms with Crippen LogP contribution in [-0.4, -0.2) is 29.3 Å². The molecule has 7 heteroatoms. The zero-order chi connectivity index (χ0) is 26.5. The van der Waals surface area contributed by atoms with Gasteiger partial charge in [0, 0.05) is 23.9 Å². The van der Waals surface area contributed by atoms with Crippen molar-refractivity contribution in [1.82, 2.24) is 0 Å². The maximum absolute atomic E-state index is 13.4. The zero-order valence-electron chi connectivity index (χ0n) is 21.2. The molecule has 0 bridgehead atoms. The Labute approximate surface area is 216 Å². The van der Waals surface area contributed by atoms with Gasteiger partial charge in [-0.1, -0.05) is 56.3 Å². The molecule has 1 heterocycles. The van der Waals surface area contributed by atoms with E-state index in [0.29, 0.717) is 34.9 Å². The Morgan fingerprint density at radius 2 is 1.73 bits per heavy atom. The number of carbonyl (C=O) groups excluding carboxylic acids is 3. The number of ether oxygens (including phenoxy) is 1. The van der Waals surface area contributed by atoms with Crippen molar-refractivity contribution in [1.29, 1.82) is 0 Å². The van der Waals surface area contributed by atoms with Gasteiger partial charge < -0.3 is 15.2 Å². The molecule has 1 atom stereocenters. The molecule has 1 unspecified atom stereocenters. The third kappa shape index (κ3) is 5.40. The van der Waals surface area contributed by atoms with Crippen LogP contribution in [0.25, 0.3) is 5.76 Å². The first-order valence-electron chi connectivity index (χ1n) is 12.3. The standard InChI is InChI=1S/C30H30N2O5/c1-4-16-37-25-11-6-8-22(17-25)28(34)26-27(21-14-12-20(5-2)13-15-21)32(30(36)29(26)35)24-10-7-9-23(18-24)31-19(3)33/h6-15,17-18,27,34H,4-5,16H2,1-3H3,(H,31,33)/b28-26+. The topological polar surface area (TPSA) is 95.9 Å². The normalized spacial score (nSPS) is 16.6. The number of aryl methyl sites for hydroxylation is 1. The lowest BCUT2D eigenvalue weighted by Gasteiger charge is -2.26. The second-order valence-corrected chi connectivity index (χ2v) is 8.87. The summed E-state index contributed by atoms with van der Waals surface area (Å²) >= 11 is 0. The maximum atomic E-state index is 13.4. The molecule has 0 aliphatic carbocycles. The van der Waals surface area contributed by atoms with Gasteiger partial charge in [0.1, 0.15) is 11.5 Å². The van der Waals surface area contributed by atoms with Gasteiger partial charge in [0.05, 0.1) is 18.2 Å². The first kappa shape index (κ1) is 25.7. The minimum absolute atomic E-state index is 0.00757. The summed E-state index contributed by atoms with van der Waals surface area (Å²) in [7, 11) is 0. The van der Waals surface area contributed by atoms with E-state index in [-0.39, 0.29) is 17.2 Å². The SMILES string of the molecule is CCCOc1cccc(/C(O)=C2\C(=O)C(=O)N(c3cccc(NC(C)=O)c3)C2c2ccc(CC)cc2)c1. The van der Waals surface area contributed by atoms with E-state index in [9.17, 15) is 19.5 Å². The van der Waals surface area contributed by atoms with E-state index < -0.39 is 17.7 Å². The van der Waals surface area contributed by atoms with E-state index in [2.05, 4.69) is 5.32 Å². The van der Waals surface area contributed by atoms with Crippen molar-refractivity contribution in [3.63, 3.8) is 0 Å². The van der Waals surface area contributed by atoms with E-state index in [0.717, 1.165) is 18.4 Å². The maximum Gasteiger partial charge on any atom is 0.300 e. The zero-order valence-corrected chi connectivity index (χ0v) is 21.2. The summed E-state index contributed by atoms with van der Waals surface area (Å²) in [5, 5.41) is 14.1. The van der Waals surface area contributed by atoms with E-state index >= 15 is 0 Å². The quantitative estimate of drug-likeness (QED) is 0.239. The van der Waals surface area contributed by atoms with Gasteiger partial charge in [-0.3, -0.25) is 19.3 Å². The average Bonchev–Trinajstić information content (AvgIpc) is 3.17. The number of nitrogens with zero attached hydrogens (tertiary/aromatic N) is 1. The highest BCUT2D eigenvalue weighted by molar-refractivity contribution is 6.51. The predicted molar refractivity (Wildman–Crippen MR) is 144 cm³/mol. The highest BCUT2D eigenvalue weighted by atomic mass is 16.5. The van der Waals surface area contributed by atoms with E-state index in [1.807, 2.05) is 38.1 Å². The number of ketones is 1. The number of amides is 2.